The van der Waals surface area contributed by atoms with Gasteiger partial charge in [0.15, 0.2) is 12.1 Å². The molecule has 0 bridgehead atoms. The first-order valence-corrected chi connectivity index (χ1v) is 23.5. The molecule has 1 saturated carbocycles. The van der Waals surface area contributed by atoms with Crippen molar-refractivity contribution in [2.75, 3.05) is 12.4 Å². The number of rotatable bonds is 15. The summed E-state index contributed by atoms with van der Waals surface area (Å²) in [5.41, 5.74) is 4.98. The number of aliphatic imine (C=N–C) groups is 1. The Morgan fingerprint density at radius 3 is 2.12 bits per heavy atom. The lowest BCUT2D eigenvalue weighted by Gasteiger charge is -2.52. The number of carbonyl (C=O) groups excluding carboxylic acids is 3. The van der Waals surface area contributed by atoms with Crippen LogP contribution in [0.1, 0.15) is 46.2 Å². The van der Waals surface area contributed by atoms with Crippen molar-refractivity contribution in [2.45, 2.75) is 54.2 Å². The monoisotopic (exact) mass is 908 g/mol. The molecule has 2 unspecified atom stereocenters. The van der Waals surface area contributed by atoms with Crippen LogP contribution >= 0.6 is 34.9 Å². The molecule has 2 amide bonds. The molecule has 4 heterocycles. The summed E-state index contributed by atoms with van der Waals surface area (Å²) in [5.74, 6) is -0.553. The van der Waals surface area contributed by atoms with Crippen LogP contribution < -0.4 is 14.8 Å². The van der Waals surface area contributed by atoms with Gasteiger partial charge in [0.2, 0.25) is 5.91 Å². The van der Waals surface area contributed by atoms with Gasteiger partial charge in [-0.2, -0.15) is 0 Å². The standard InChI is InChI=1S/C49H40N4O8S3/c54-39(24-29-10-4-1-5-11-29)52-40-45(55)53-41(48(58)61-42(31-12-6-2-7-13-31)32-14-8-3-9-15-32)35(49(22-23-49)64-46(40)53)27-60-33-18-16-30(17-19-33)26-59-34-20-21-36-38(25-34)63-44(50-36)43-51-37(28-62-43)47(56)57/h1-21,25,37,40,42,46H,22-24,26-28H2,(H,52,54)(H,56,57)/t37-,40?,46?/m1/s1. The van der Waals surface area contributed by atoms with Gasteiger partial charge in [-0.15, -0.1) is 34.9 Å². The van der Waals surface area contributed by atoms with Crippen LogP contribution in [0.3, 0.4) is 0 Å². The molecule has 64 heavy (non-hydrogen) atoms. The normalized spacial score (nSPS) is 19.5. The van der Waals surface area contributed by atoms with Crippen molar-refractivity contribution in [1.29, 1.82) is 0 Å². The van der Waals surface area contributed by atoms with Crippen LogP contribution in [0.25, 0.3) is 10.2 Å². The minimum atomic E-state index is -0.936. The highest BCUT2D eigenvalue weighted by Gasteiger charge is 2.64. The molecule has 5 aromatic carbocycles. The first-order chi connectivity index (χ1) is 31.2. The molecule has 1 aromatic heterocycles. The molecule has 3 aliphatic heterocycles. The molecule has 3 atom stereocenters. The second-order valence-electron chi connectivity index (χ2n) is 15.8. The molecule has 15 heteroatoms. The molecule has 322 valence electrons. The number of aromatic nitrogens is 1. The number of thiazole rings is 1. The summed E-state index contributed by atoms with van der Waals surface area (Å²) in [7, 11) is 0. The number of β-lactam (4-membered cyclic amide) rings is 1. The summed E-state index contributed by atoms with van der Waals surface area (Å²) < 4.78 is 19.4. The van der Waals surface area contributed by atoms with E-state index in [9.17, 15) is 24.3 Å². The van der Waals surface area contributed by atoms with Gasteiger partial charge in [-0.25, -0.2) is 14.6 Å². The number of esters is 1. The second-order valence-corrected chi connectivity index (χ2v) is 19.4. The molecule has 10 rings (SSSR count). The number of fused-ring (bicyclic) bond motifs is 2. The Morgan fingerprint density at radius 2 is 1.47 bits per heavy atom. The Kier molecular flexibility index (Phi) is 11.5. The fourth-order valence-corrected chi connectivity index (χ4v) is 11.9. The number of hydrogen-bond donors (Lipinski definition) is 2. The molecule has 6 aromatic rings. The van der Waals surface area contributed by atoms with Crippen molar-refractivity contribution in [3.63, 3.8) is 0 Å². The van der Waals surface area contributed by atoms with E-state index in [2.05, 4.69) is 15.3 Å². The summed E-state index contributed by atoms with van der Waals surface area (Å²) in [4.78, 5) is 63.9. The average Bonchev–Trinajstić information content (AvgIpc) is 3.68. The first kappa shape index (κ1) is 41.6. The van der Waals surface area contributed by atoms with Gasteiger partial charge in [-0.1, -0.05) is 103 Å². The predicted octanol–water partition coefficient (Wildman–Crippen LogP) is 7.96. The quantitative estimate of drug-likeness (QED) is 0.0762. The zero-order valence-electron chi connectivity index (χ0n) is 34.1. The summed E-state index contributed by atoms with van der Waals surface area (Å²) in [5, 5.41) is 13.1. The van der Waals surface area contributed by atoms with Gasteiger partial charge in [0.05, 0.1) is 16.6 Å². The van der Waals surface area contributed by atoms with Gasteiger partial charge in [0.1, 0.15) is 51.9 Å². The third kappa shape index (κ3) is 8.50. The summed E-state index contributed by atoms with van der Waals surface area (Å²) in [6.45, 7) is 0.349. The number of ether oxygens (including phenoxy) is 3. The molecule has 2 N–H and O–H groups in total. The van der Waals surface area contributed by atoms with E-state index in [0.717, 1.165) is 45.3 Å². The number of benzene rings is 5. The van der Waals surface area contributed by atoms with Crippen molar-refractivity contribution >= 4 is 73.9 Å². The molecular weight excluding hydrogens is 869 g/mol. The zero-order valence-corrected chi connectivity index (χ0v) is 36.6. The van der Waals surface area contributed by atoms with E-state index in [1.807, 2.05) is 133 Å². The highest BCUT2D eigenvalue weighted by molar-refractivity contribution is 8.15. The topological polar surface area (TPSA) is 157 Å². The lowest BCUT2D eigenvalue weighted by atomic mass is 9.98. The molecule has 4 aliphatic rings. The number of nitrogens with zero attached hydrogens (tertiary/aromatic N) is 3. The van der Waals surface area contributed by atoms with E-state index in [-0.39, 0.29) is 30.5 Å². The van der Waals surface area contributed by atoms with Crippen LogP contribution in [0.5, 0.6) is 11.5 Å². The fourth-order valence-electron chi connectivity index (χ4n) is 8.03. The van der Waals surface area contributed by atoms with E-state index in [1.165, 1.54) is 28.0 Å². The predicted molar refractivity (Wildman–Crippen MR) is 246 cm³/mol. The van der Waals surface area contributed by atoms with Crippen LogP contribution in [-0.4, -0.2) is 78.4 Å². The Balaban J connectivity index is 0.866. The van der Waals surface area contributed by atoms with Crippen molar-refractivity contribution in [3.8, 4) is 11.5 Å². The van der Waals surface area contributed by atoms with Gasteiger partial charge in [0.25, 0.3) is 5.91 Å². The SMILES string of the molecule is O=C(Cc1ccccc1)NC1C(=O)N2C(C(=O)OC(c3ccccc3)c3ccccc3)=C(COc3ccc(COc4ccc5nc(C6=N[C@@H](C(=O)O)CS6)sc5c4)cc3)C3(CC3)SC12. The Hall–Kier alpha value is -6.42. The Morgan fingerprint density at radius 1 is 0.812 bits per heavy atom. The van der Waals surface area contributed by atoms with Gasteiger partial charge in [-0.3, -0.25) is 19.5 Å². The van der Waals surface area contributed by atoms with E-state index >= 15 is 0 Å². The maximum absolute atomic E-state index is 14.7. The second kappa shape index (κ2) is 17.6. The highest BCUT2D eigenvalue weighted by atomic mass is 32.2. The average molecular weight is 909 g/mol. The third-order valence-electron chi connectivity index (χ3n) is 11.5. The zero-order chi connectivity index (χ0) is 43.8. The number of thioether (sulfide) groups is 2. The number of carbonyl (C=O) groups is 4. The number of amides is 2. The van der Waals surface area contributed by atoms with Gasteiger partial charge in [-0.05, 0) is 65.4 Å². The molecule has 0 radical (unpaired) electrons. The van der Waals surface area contributed by atoms with Crippen LogP contribution in [-0.2, 0) is 36.9 Å². The number of carboxylic acids is 1. The van der Waals surface area contributed by atoms with E-state index in [0.29, 0.717) is 39.5 Å². The van der Waals surface area contributed by atoms with Crippen LogP contribution in [0.4, 0.5) is 0 Å². The van der Waals surface area contributed by atoms with Gasteiger partial charge in [0, 0.05) is 16.1 Å². The minimum absolute atomic E-state index is 0.0505. The van der Waals surface area contributed by atoms with Crippen molar-refractivity contribution < 1.29 is 38.5 Å². The van der Waals surface area contributed by atoms with E-state index in [1.54, 1.807) is 11.8 Å². The van der Waals surface area contributed by atoms with Crippen LogP contribution in [0.15, 0.2) is 150 Å². The summed E-state index contributed by atoms with van der Waals surface area (Å²) >= 11 is 4.45. The van der Waals surface area contributed by atoms with Crippen molar-refractivity contribution in [3.05, 3.63) is 172 Å². The summed E-state index contributed by atoms with van der Waals surface area (Å²) in [6.07, 6.45) is 0.958. The fraction of sp³-hybridized carbons (Fsp3) is 0.224. The lowest BCUT2D eigenvalue weighted by Crippen LogP contribution is -2.71. The molecule has 2 fully saturated rings. The lowest BCUT2D eigenvalue weighted by molar-refractivity contribution is -0.154. The van der Waals surface area contributed by atoms with Crippen molar-refractivity contribution in [1.82, 2.24) is 15.2 Å². The number of carboxylic acid groups (broad SMARTS) is 1. The van der Waals surface area contributed by atoms with Crippen LogP contribution in [0, 0.1) is 0 Å². The molecule has 1 spiro atoms. The van der Waals surface area contributed by atoms with E-state index < -0.39 is 40.2 Å². The highest BCUT2D eigenvalue weighted by Crippen LogP contribution is 2.62. The number of hydrogen-bond acceptors (Lipinski definition) is 12. The van der Waals surface area contributed by atoms with Crippen molar-refractivity contribution in [2.24, 2.45) is 4.99 Å². The number of nitrogens with one attached hydrogen (secondary N) is 1. The van der Waals surface area contributed by atoms with Gasteiger partial charge >= 0.3 is 11.9 Å². The maximum Gasteiger partial charge on any atom is 0.356 e. The van der Waals surface area contributed by atoms with E-state index in [4.69, 9.17) is 14.2 Å². The van der Waals surface area contributed by atoms with Gasteiger partial charge < -0.3 is 24.6 Å². The maximum atomic E-state index is 14.7. The molecular formula is C49H40N4O8S3. The summed E-state index contributed by atoms with van der Waals surface area (Å²) in [6, 6.07) is 40.1. The molecule has 1 aliphatic carbocycles. The Bertz CT molecular complexity index is 2780. The first-order valence-electron chi connectivity index (χ1n) is 20.8. The molecule has 1 saturated heterocycles. The smallest absolute Gasteiger partial charge is 0.356 e. The van der Waals surface area contributed by atoms with Crippen LogP contribution in [0.2, 0.25) is 0 Å². The largest absolute Gasteiger partial charge is 0.489 e. The molecule has 12 nitrogen and oxygen atoms in total. The minimum Gasteiger partial charge on any atom is -0.489 e. The number of aliphatic carboxylic acids is 1. The Labute approximate surface area is 380 Å². The third-order valence-corrected chi connectivity index (χ3v) is 15.5.